The Hall–Kier alpha value is -3.52. The van der Waals surface area contributed by atoms with Crippen LogP contribution in [-0.2, 0) is 24.8 Å². The molecule has 0 aliphatic carbocycles. The quantitative estimate of drug-likeness (QED) is 0.282. The van der Waals surface area contributed by atoms with Gasteiger partial charge in [0.15, 0.2) is 11.5 Å². The lowest BCUT2D eigenvalue weighted by molar-refractivity contribution is -0.119. The molecule has 14 heteroatoms. The maximum Gasteiger partial charge on any atom is 0.264 e. The molecule has 1 saturated heterocycles. The zero-order chi connectivity index (χ0) is 30.3. The molecule has 3 aromatic rings. The van der Waals surface area contributed by atoms with Crippen LogP contribution in [-0.4, -0.2) is 74.1 Å². The minimum absolute atomic E-state index is 0.0767. The maximum absolute atomic E-state index is 13.7. The normalized spacial score (nSPS) is 13.9. The molecule has 3 aromatic carbocycles. The SMILES string of the molecule is COc1ccc(S(=O)(=O)N(CC(=O)NCCOc2ccc(S(=O)(=O)N3CCCC3)cc2)c2ccc(Cl)cc2)cc1OC. The molecule has 4 rings (SSSR count). The van der Waals surface area contributed by atoms with Crippen LogP contribution in [0.15, 0.2) is 76.5 Å². The summed E-state index contributed by atoms with van der Waals surface area (Å²) in [5, 5.41) is 3.07. The van der Waals surface area contributed by atoms with Crippen molar-refractivity contribution < 1.29 is 35.8 Å². The van der Waals surface area contributed by atoms with E-state index >= 15 is 0 Å². The summed E-state index contributed by atoms with van der Waals surface area (Å²) < 4.78 is 71.2. The van der Waals surface area contributed by atoms with Crippen LogP contribution in [0.3, 0.4) is 0 Å². The molecule has 226 valence electrons. The predicted molar refractivity (Wildman–Crippen MR) is 158 cm³/mol. The van der Waals surface area contributed by atoms with Gasteiger partial charge in [0.2, 0.25) is 15.9 Å². The third-order valence-corrected chi connectivity index (χ3v) is 10.5. The van der Waals surface area contributed by atoms with Crippen molar-refractivity contribution in [3.05, 3.63) is 71.8 Å². The van der Waals surface area contributed by atoms with Gasteiger partial charge in [-0.25, -0.2) is 16.8 Å². The molecule has 0 atom stereocenters. The van der Waals surface area contributed by atoms with Gasteiger partial charge in [-0.3, -0.25) is 9.10 Å². The van der Waals surface area contributed by atoms with Gasteiger partial charge in [0.1, 0.15) is 18.9 Å². The fourth-order valence-corrected chi connectivity index (χ4v) is 7.44. The highest BCUT2D eigenvalue weighted by Gasteiger charge is 2.29. The number of carbonyl (C=O) groups is 1. The number of nitrogens with zero attached hydrogens (tertiary/aromatic N) is 2. The summed E-state index contributed by atoms with van der Waals surface area (Å²) in [5.74, 6) is 0.445. The number of benzene rings is 3. The number of ether oxygens (including phenoxy) is 3. The smallest absolute Gasteiger partial charge is 0.264 e. The van der Waals surface area contributed by atoms with Gasteiger partial charge in [0.25, 0.3) is 10.0 Å². The summed E-state index contributed by atoms with van der Waals surface area (Å²) >= 11 is 6.00. The van der Waals surface area contributed by atoms with Gasteiger partial charge in [-0.1, -0.05) is 11.6 Å². The van der Waals surface area contributed by atoms with Gasteiger partial charge >= 0.3 is 0 Å². The monoisotopic (exact) mass is 637 g/mol. The molecule has 42 heavy (non-hydrogen) atoms. The number of nitrogens with one attached hydrogen (secondary N) is 1. The number of halogens is 1. The zero-order valence-corrected chi connectivity index (χ0v) is 25.5. The number of methoxy groups -OCH3 is 2. The van der Waals surface area contributed by atoms with Gasteiger partial charge in [-0.2, -0.15) is 4.31 Å². The van der Waals surface area contributed by atoms with E-state index in [2.05, 4.69) is 5.32 Å². The molecule has 0 radical (unpaired) electrons. The molecule has 0 spiro atoms. The Balaban J connectivity index is 1.40. The molecule has 1 fully saturated rings. The second kappa shape index (κ2) is 13.6. The van der Waals surface area contributed by atoms with E-state index in [4.69, 9.17) is 25.8 Å². The van der Waals surface area contributed by atoms with Crippen LogP contribution in [0.25, 0.3) is 0 Å². The van der Waals surface area contributed by atoms with Crippen molar-refractivity contribution in [2.75, 3.05) is 51.3 Å². The molecule has 0 aromatic heterocycles. The van der Waals surface area contributed by atoms with Crippen LogP contribution in [0.1, 0.15) is 12.8 Å². The lowest BCUT2D eigenvalue weighted by Gasteiger charge is -2.24. The zero-order valence-electron chi connectivity index (χ0n) is 23.2. The fourth-order valence-electron chi connectivity index (χ4n) is 4.36. The molecular weight excluding hydrogens is 606 g/mol. The van der Waals surface area contributed by atoms with Crippen molar-refractivity contribution in [3.8, 4) is 17.2 Å². The van der Waals surface area contributed by atoms with E-state index in [1.807, 2.05) is 0 Å². The Morgan fingerprint density at radius 1 is 0.881 bits per heavy atom. The Kier molecular flexibility index (Phi) is 10.2. The number of anilines is 1. The summed E-state index contributed by atoms with van der Waals surface area (Å²) in [6.45, 7) is 0.683. The van der Waals surface area contributed by atoms with Gasteiger partial charge < -0.3 is 19.5 Å². The summed E-state index contributed by atoms with van der Waals surface area (Å²) in [7, 11) is -4.89. The number of amides is 1. The average molecular weight is 638 g/mol. The number of sulfonamides is 2. The molecule has 0 bridgehead atoms. The van der Waals surface area contributed by atoms with Crippen molar-refractivity contribution in [2.45, 2.75) is 22.6 Å². The number of carbonyl (C=O) groups excluding carboxylic acids is 1. The molecule has 1 aliphatic rings. The second-order valence-electron chi connectivity index (χ2n) is 9.29. The van der Waals surface area contributed by atoms with Crippen molar-refractivity contribution in [3.63, 3.8) is 0 Å². The average Bonchev–Trinajstić information content (AvgIpc) is 3.55. The highest BCUT2D eigenvalue weighted by atomic mass is 35.5. The number of rotatable bonds is 13. The van der Waals surface area contributed by atoms with Gasteiger partial charge in [-0.05, 0) is 73.5 Å². The molecule has 1 N–H and O–H groups in total. The largest absolute Gasteiger partial charge is 0.493 e. The first-order chi connectivity index (χ1) is 20.1. The highest BCUT2D eigenvalue weighted by Crippen LogP contribution is 2.32. The minimum Gasteiger partial charge on any atom is -0.493 e. The van der Waals surface area contributed by atoms with E-state index in [1.54, 1.807) is 12.1 Å². The third kappa shape index (κ3) is 7.27. The van der Waals surface area contributed by atoms with Crippen LogP contribution < -0.4 is 23.8 Å². The Bertz CT molecular complexity index is 1590. The summed E-state index contributed by atoms with van der Waals surface area (Å²) in [5.41, 5.74) is 0.240. The topological polar surface area (TPSA) is 132 Å². The molecule has 11 nitrogen and oxygen atoms in total. The van der Waals surface area contributed by atoms with E-state index < -0.39 is 32.5 Å². The number of hydrogen-bond acceptors (Lipinski definition) is 8. The summed E-state index contributed by atoms with van der Waals surface area (Å²) in [6.07, 6.45) is 1.71. The first-order valence-electron chi connectivity index (χ1n) is 13.1. The van der Waals surface area contributed by atoms with Gasteiger partial charge in [0, 0.05) is 24.2 Å². The van der Waals surface area contributed by atoms with E-state index in [-0.39, 0.29) is 34.4 Å². The Labute approximate surface area is 251 Å². The second-order valence-corrected chi connectivity index (χ2v) is 13.5. The standard InChI is InChI=1S/C28H32ClN3O8S2/c1-38-26-14-13-25(19-27(26)39-2)42(36,37)32(22-7-5-21(29)6-8-22)20-28(33)30-15-18-40-23-9-11-24(12-10-23)41(34,35)31-16-3-4-17-31/h5-14,19H,3-4,15-18,20H2,1-2H3,(H,30,33). The lowest BCUT2D eigenvalue weighted by atomic mass is 10.3. The highest BCUT2D eigenvalue weighted by molar-refractivity contribution is 7.92. The fraction of sp³-hybridized carbons (Fsp3) is 0.321. The molecule has 1 amide bonds. The van der Waals surface area contributed by atoms with Crippen LogP contribution >= 0.6 is 11.6 Å². The van der Waals surface area contributed by atoms with Crippen molar-refractivity contribution in [1.29, 1.82) is 0 Å². The minimum atomic E-state index is -4.21. The summed E-state index contributed by atoms with van der Waals surface area (Å²) in [6, 6.07) is 16.3. The number of hydrogen-bond donors (Lipinski definition) is 1. The Morgan fingerprint density at radius 3 is 2.12 bits per heavy atom. The van der Waals surface area contributed by atoms with E-state index in [0.717, 1.165) is 17.1 Å². The van der Waals surface area contributed by atoms with Crippen LogP contribution in [0.4, 0.5) is 5.69 Å². The summed E-state index contributed by atoms with van der Waals surface area (Å²) in [4.78, 5) is 13.0. The third-order valence-electron chi connectivity index (χ3n) is 6.56. The predicted octanol–water partition coefficient (Wildman–Crippen LogP) is 3.53. The van der Waals surface area contributed by atoms with Crippen molar-refractivity contribution >= 4 is 43.2 Å². The lowest BCUT2D eigenvalue weighted by Crippen LogP contribution is -2.41. The van der Waals surface area contributed by atoms with Crippen LogP contribution in [0, 0.1) is 0 Å². The van der Waals surface area contributed by atoms with E-state index in [0.29, 0.717) is 29.6 Å². The molecular formula is C28H32ClN3O8S2. The van der Waals surface area contributed by atoms with E-state index in [9.17, 15) is 21.6 Å². The molecule has 0 saturated carbocycles. The maximum atomic E-state index is 13.7. The van der Waals surface area contributed by atoms with Crippen molar-refractivity contribution in [1.82, 2.24) is 9.62 Å². The van der Waals surface area contributed by atoms with E-state index in [1.165, 1.54) is 73.1 Å². The first kappa shape index (κ1) is 31.4. The van der Waals surface area contributed by atoms with Crippen LogP contribution in [0.2, 0.25) is 5.02 Å². The Morgan fingerprint density at radius 2 is 1.50 bits per heavy atom. The molecule has 1 heterocycles. The van der Waals surface area contributed by atoms with Gasteiger partial charge in [0.05, 0.1) is 36.2 Å². The molecule has 0 unspecified atom stereocenters. The van der Waals surface area contributed by atoms with Crippen molar-refractivity contribution in [2.24, 2.45) is 0 Å². The van der Waals surface area contributed by atoms with Gasteiger partial charge in [-0.15, -0.1) is 0 Å². The van der Waals surface area contributed by atoms with Crippen LogP contribution in [0.5, 0.6) is 17.2 Å². The first-order valence-corrected chi connectivity index (χ1v) is 16.3. The molecule has 1 aliphatic heterocycles.